The highest BCUT2D eigenvalue weighted by Crippen LogP contribution is 2.28. The van der Waals surface area contributed by atoms with Crippen LogP contribution in [0.2, 0.25) is 5.02 Å². The topological polar surface area (TPSA) is 123 Å². The number of nitrogens with zero attached hydrogens (tertiary/aromatic N) is 1. The summed E-state index contributed by atoms with van der Waals surface area (Å²) in [5.74, 6) is 1.75. The van der Waals surface area contributed by atoms with E-state index in [2.05, 4.69) is 43.0 Å². The second-order valence-electron chi connectivity index (χ2n) is 10.7. The second-order valence-corrected chi connectivity index (χ2v) is 11.1. The molecule has 1 saturated carbocycles. The number of methoxy groups -OCH3 is 1. The van der Waals surface area contributed by atoms with E-state index in [-0.39, 0.29) is 19.0 Å². The first kappa shape index (κ1) is 41.7. The van der Waals surface area contributed by atoms with Crippen LogP contribution >= 0.6 is 11.6 Å². The molecular formula is C37H50ClNO9. The number of allylic oxidation sites excluding steroid dienone is 3. The monoisotopic (exact) mass is 687 g/mol. The summed E-state index contributed by atoms with van der Waals surface area (Å²) < 4.78 is 20.4. The molecule has 264 valence electrons. The number of ether oxygens (including phenoxy) is 4. The highest BCUT2D eigenvalue weighted by Gasteiger charge is 2.10. The molecule has 0 spiro atoms. The Morgan fingerprint density at radius 1 is 1.00 bits per heavy atom. The molecule has 2 aromatic carbocycles. The van der Waals surface area contributed by atoms with Crippen LogP contribution in [-0.4, -0.2) is 44.5 Å². The van der Waals surface area contributed by atoms with Crippen molar-refractivity contribution in [2.24, 2.45) is 5.92 Å². The molecule has 0 amide bonds. The van der Waals surface area contributed by atoms with E-state index in [0.717, 1.165) is 29.7 Å². The summed E-state index contributed by atoms with van der Waals surface area (Å²) in [7, 11) is 1.43. The summed E-state index contributed by atoms with van der Waals surface area (Å²) in [6.07, 6.45) is 23.0. The summed E-state index contributed by atoms with van der Waals surface area (Å²) in [6, 6.07) is 12.3. The first-order valence-electron chi connectivity index (χ1n) is 16.4. The molecule has 1 aliphatic carbocycles. The number of unbranched alkanes of at least 4 members (excludes halogenated alkanes) is 3. The molecule has 2 aromatic rings. The number of benzene rings is 2. The molecule has 0 N–H and O–H groups in total. The van der Waals surface area contributed by atoms with Crippen LogP contribution in [0.4, 0.5) is 0 Å². The largest absolute Gasteiger partial charge is 0.493 e. The lowest BCUT2D eigenvalue weighted by Gasteiger charge is -2.06. The van der Waals surface area contributed by atoms with Gasteiger partial charge in [0.2, 0.25) is 0 Å². The molecule has 3 rings (SSSR count). The molecule has 0 bridgehead atoms. The zero-order valence-electron chi connectivity index (χ0n) is 28.4. The first-order valence-corrected chi connectivity index (χ1v) is 16.8. The molecular weight excluding hydrogens is 638 g/mol. The van der Waals surface area contributed by atoms with Crippen LogP contribution in [0.1, 0.15) is 83.6 Å². The van der Waals surface area contributed by atoms with E-state index in [0.29, 0.717) is 30.6 Å². The van der Waals surface area contributed by atoms with Crippen molar-refractivity contribution in [3.8, 4) is 17.2 Å². The predicted octanol–water partition coefficient (Wildman–Crippen LogP) is 9.38. The van der Waals surface area contributed by atoms with Gasteiger partial charge in [-0.15, -0.1) is 10.1 Å². The van der Waals surface area contributed by atoms with Crippen molar-refractivity contribution >= 4 is 30.1 Å². The maximum Gasteiger partial charge on any atom is 0.330 e. The normalized spacial score (nSPS) is 12.6. The third kappa shape index (κ3) is 21.5. The second kappa shape index (κ2) is 27.8. The Morgan fingerprint density at radius 2 is 1.77 bits per heavy atom. The number of hydrogen-bond donors (Lipinski definition) is 0. The molecule has 10 nitrogen and oxygen atoms in total. The molecule has 0 aromatic heterocycles. The number of hydrogen-bond acceptors (Lipinski definition) is 9. The summed E-state index contributed by atoms with van der Waals surface area (Å²) in [5, 5.41) is 9.78. The summed E-state index contributed by atoms with van der Waals surface area (Å²) in [5.41, 5.74) is 0.654. The average molecular weight is 688 g/mol. The maximum atomic E-state index is 11.5. The Balaban J connectivity index is 0.000000414. The van der Waals surface area contributed by atoms with Crippen molar-refractivity contribution < 1.29 is 38.5 Å². The van der Waals surface area contributed by atoms with Crippen molar-refractivity contribution in [3.05, 3.63) is 93.5 Å². The van der Waals surface area contributed by atoms with E-state index in [1.54, 1.807) is 12.1 Å². The van der Waals surface area contributed by atoms with E-state index < -0.39 is 11.1 Å². The standard InChI is InChI=1S/C15H19ClO.C15H17NO8.C7H14/c16-14-9-5-10-15(12-14)17-11-4-3-8-13-6-1-2-7-13;1-21-14-10-12(4-6-13(14)23-11-17)5-7-15(18)22-8-2-3-9-24-16(19)20;1-3-5-7-6-4-2/h3,5,8-10,12-13H,1-2,4,6-7,11H2;4-7,10-11H,2-3,8-9H2,1H3;3,5H,4,6-7H2,1-2H3/b8-3+;7-5+;5-3-. The van der Waals surface area contributed by atoms with Gasteiger partial charge in [-0.3, -0.25) is 4.79 Å². The van der Waals surface area contributed by atoms with Crippen LogP contribution in [0.25, 0.3) is 6.08 Å². The van der Waals surface area contributed by atoms with Crippen molar-refractivity contribution in [2.45, 2.75) is 78.1 Å². The van der Waals surface area contributed by atoms with Gasteiger partial charge in [0.05, 0.1) is 26.9 Å². The smallest absolute Gasteiger partial charge is 0.330 e. The third-order valence-electron chi connectivity index (χ3n) is 6.87. The van der Waals surface area contributed by atoms with Gasteiger partial charge in [-0.1, -0.05) is 80.6 Å². The minimum Gasteiger partial charge on any atom is -0.493 e. The minimum absolute atomic E-state index is 0.0323. The Bertz CT molecular complexity index is 1270. The van der Waals surface area contributed by atoms with Gasteiger partial charge in [-0.25, -0.2) is 4.79 Å². The Labute approximate surface area is 289 Å². The fourth-order valence-electron chi connectivity index (χ4n) is 4.39. The first-order chi connectivity index (χ1) is 23.3. The molecule has 1 fully saturated rings. The third-order valence-corrected chi connectivity index (χ3v) is 7.11. The van der Waals surface area contributed by atoms with E-state index in [9.17, 15) is 19.7 Å². The fourth-order valence-corrected chi connectivity index (χ4v) is 4.57. The Hall–Kier alpha value is -4.31. The summed E-state index contributed by atoms with van der Waals surface area (Å²) in [6.45, 7) is 5.40. The van der Waals surface area contributed by atoms with E-state index in [4.69, 9.17) is 30.5 Å². The number of esters is 1. The molecule has 11 heteroatoms. The molecule has 0 radical (unpaired) electrons. The van der Waals surface area contributed by atoms with Gasteiger partial charge in [0.1, 0.15) is 5.75 Å². The predicted molar refractivity (Wildman–Crippen MR) is 189 cm³/mol. The molecule has 0 atom stereocenters. The van der Waals surface area contributed by atoms with Crippen LogP contribution in [0, 0.1) is 16.0 Å². The van der Waals surface area contributed by atoms with Gasteiger partial charge in [-0.05, 0) is 93.3 Å². The Kier molecular flexibility index (Phi) is 24.1. The van der Waals surface area contributed by atoms with Crippen LogP contribution in [0.5, 0.6) is 17.2 Å². The molecule has 0 saturated heterocycles. The van der Waals surface area contributed by atoms with Crippen molar-refractivity contribution in [3.63, 3.8) is 0 Å². The lowest BCUT2D eigenvalue weighted by atomic mass is 10.1. The average Bonchev–Trinajstić information content (AvgIpc) is 3.60. The van der Waals surface area contributed by atoms with Gasteiger partial charge >= 0.3 is 5.97 Å². The quantitative estimate of drug-likeness (QED) is 0.0270. The SMILES string of the molecule is C/C=C\CCCC.COc1cc(/C=C/C(=O)OCCCCO[N+](=O)[O-])ccc1OC=O.Clc1cccc(OCC/C=C/C2CCCC2)c1. The highest BCUT2D eigenvalue weighted by atomic mass is 35.5. The van der Waals surface area contributed by atoms with Crippen molar-refractivity contribution in [1.82, 2.24) is 0 Å². The van der Waals surface area contributed by atoms with Crippen molar-refractivity contribution in [1.29, 1.82) is 0 Å². The number of carbonyl (C=O) groups excluding carboxylic acids is 2. The minimum atomic E-state index is -0.867. The van der Waals surface area contributed by atoms with Crippen LogP contribution in [0.15, 0.2) is 72.8 Å². The van der Waals surface area contributed by atoms with Gasteiger partial charge in [0.25, 0.3) is 11.6 Å². The molecule has 0 unspecified atom stereocenters. The summed E-state index contributed by atoms with van der Waals surface area (Å²) in [4.78, 5) is 35.9. The zero-order valence-corrected chi connectivity index (χ0v) is 29.1. The van der Waals surface area contributed by atoms with Gasteiger partial charge in [0.15, 0.2) is 11.5 Å². The molecule has 0 heterocycles. The molecule has 1 aliphatic rings. The summed E-state index contributed by atoms with van der Waals surface area (Å²) >= 11 is 5.88. The van der Waals surface area contributed by atoms with Gasteiger partial charge in [-0.2, -0.15) is 0 Å². The lowest BCUT2D eigenvalue weighted by Crippen LogP contribution is -2.06. The maximum absolute atomic E-state index is 11.5. The fraction of sp³-hybridized carbons (Fsp3) is 0.459. The zero-order chi connectivity index (χ0) is 35.2. The van der Waals surface area contributed by atoms with E-state index >= 15 is 0 Å². The number of halogens is 1. The van der Waals surface area contributed by atoms with Crippen LogP contribution in [-0.2, 0) is 19.2 Å². The van der Waals surface area contributed by atoms with E-state index in [1.165, 1.54) is 70.3 Å². The Morgan fingerprint density at radius 3 is 2.44 bits per heavy atom. The highest BCUT2D eigenvalue weighted by molar-refractivity contribution is 6.30. The van der Waals surface area contributed by atoms with Gasteiger partial charge in [0, 0.05) is 11.1 Å². The van der Waals surface area contributed by atoms with Crippen molar-refractivity contribution in [2.75, 3.05) is 26.9 Å². The number of carbonyl (C=O) groups is 2. The van der Waals surface area contributed by atoms with E-state index in [1.807, 2.05) is 24.3 Å². The number of rotatable bonds is 19. The molecule has 48 heavy (non-hydrogen) atoms. The van der Waals surface area contributed by atoms with Crippen LogP contribution in [0.3, 0.4) is 0 Å². The van der Waals surface area contributed by atoms with Gasteiger partial charge < -0.3 is 23.8 Å². The molecule has 0 aliphatic heterocycles. The lowest BCUT2D eigenvalue weighted by molar-refractivity contribution is -0.757. The van der Waals surface area contributed by atoms with Crippen LogP contribution < -0.4 is 14.2 Å².